The Morgan fingerprint density at radius 1 is 1.25 bits per heavy atom. The van der Waals surface area contributed by atoms with Crippen molar-refractivity contribution in [1.82, 2.24) is 0 Å². The molecule has 0 radical (unpaired) electrons. The minimum absolute atomic E-state index is 0.237. The highest BCUT2D eigenvalue weighted by atomic mass is 32.2. The molecule has 0 unspecified atom stereocenters. The predicted octanol–water partition coefficient (Wildman–Crippen LogP) is 0.846. The zero-order chi connectivity index (χ0) is 9.62. The highest BCUT2D eigenvalue weighted by Crippen LogP contribution is 2.42. The lowest BCUT2D eigenvalue weighted by atomic mass is 9.78. The topological polar surface area (TPSA) is 43.4 Å². The van der Waals surface area contributed by atoms with E-state index in [0.717, 1.165) is 0 Å². The molecule has 1 heterocycles. The zero-order valence-electron chi connectivity index (χ0n) is 8.05. The molecule has 0 aromatic carbocycles. The largest absolute Gasteiger partial charge is 0.378 e. The van der Waals surface area contributed by atoms with Gasteiger partial charge in [-0.05, 0) is 5.41 Å². The third-order valence-electron chi connectivity index (χ3n) is 2.75. The minimum atomic E-state index is -3.01. The molecule has 1 aliphatic heterocycles. The quantitative estimate of drug-likeness (QED) is 0.618. The Bertz CT molecular complexity index is 267. The van der Waals surface area contributed by atoms with E-state index >= 15 is 0 Å². The van der Waals surface area contributed by atoms with E-state index < -0.39 is 14.6 Å². The highest BCUT2D eigenvalue weighted by molar-refractivity contribution is 7.92. The first kappa shape index (κ1) is 9.99. The Hall–Kier alpha value is -0.0900. The van der Waals surface area contributed by atoms with Crippen LogP contribution in [0.1, 0.15) is 20.8 Å². The molecule has 12 heavy (non-hydrogen) atoms. The lowest BCUT2D eigenvalue weighted by Gasteiger charge is -2.48. The average molecular weight is 192 g/mol. The van der Waals surface area contributed by atoms with Gasteiger partial charge in [0.1, 0.15) is 4.75 Å². The van der Waals surface area contributed by atoms with Gasteiger partial charge >= 0.3 is 0 Å². The van der Waals surface area contributed by atoms with Crippen molar-refractivity contribution >= 4 is 9.84 Å². The van der Waals surface area contributed by atoms with Crippen molar-refractivity contribution in [3.05, 3.63) is 0 Å². The van der Waals surface area contributed by atoms with E-state index in [1.54, 1.807) is 0 Å². The van der Waals surface area contributed by atoms with Crippen LogP contribution in [0.3, 0.4) is 0 Å². The van der Waals surface area contributed by atoms with Gasteiger partial charge in [-0.1, -0.05) is 20.8 Å². The van der Waals surface area contributed by atoms with Gasteiger partial charge in [-0.25, -0.2) is 8.42 Å². The molecule has 0 aromatic heterocycles. The Morgan fingerprint density at radius 3 is 1.67 bits per heavy atom. The van der Waals surface area contributed by atoms with Crippen LogP contribution in [-0.4, -0.2) is 32.6 Å². The molecule has 0 aromatic rings. The lowest BCUT2D eigenvalue weighted by molar-refractivity contribution is -0.0605. The van der Waals surface area contributed by atoms with Crippen molar-refractivity contribution in [3.63, 3.8) is 0 Å². The third-order valence-corrected chi connectivity index (χ3v) is 5.01. The molecule has 0 bridgehead atoms. The first-order chi connectivity index (χ1) is 5.21. The Morgan fingerprint density at radius 2 is 1.67 bits per heavy atom. The molecular formula is C8H16O3S. The third kappa shape index (κ3) is 1.17. The molecule has 1 aliphatic rings. The average Bonchev–Trinajstić information content (AvgIpc) is 1.47. The van der Waals surface area contributed by atoms with E-state index in [0.29, 0.717) is 13.2 Å². The smallest absolute Gasteiger partial charge is 0.158 e. The number of sulfone groups is 1. The maximum atomic E-state index is 11.5. The molecule has 3 nitrogen and oxygen atoms in total. The molecule has 0 N–H and O–H groups in total. The second-order valence-corrected chi connectivity index (χ2v) is 6.84. The molecule has 0 saturated carbocycles. The van der Waals surface area contributed by atoms with Crippen LogP contribution in [0.25, 0.3) is 0 Å². The number of ether oxygens (including phenoxy) is 1. The number of rotatable bonds is 1. The molecule has 1 saturated heterocycles. The fourth-order valence-electron chi connectivity index (χ4n) is 1.49. The predicted molar refractivity (Wildman–Crippen MR) is 47.8 cm³/mol. The Labute approximate surface area is 74.0 Å². The van der Waals surface area contributed by atoms with Crippen LogP contribution in [0, 0.1) is 5.41 Å². The van der Waals surface area contributed by atoms with Crippen LogP contribution in [0.2, 0.25) is 0 Å². The van der Waals surface area contributed by atoms with Crippen molar-refractivity contribution in [1.29, 1.82) is 0 Å². The van der Waals surface area contributed by atoms with Crippen molar-refractivity contribution < 1.29 is 13.2 Å². The van der Waals surface area contributed by atoms with Gasteiger partial charge in [0.25, 0.3) is 0 Å². The van der Waals surface area contributed by atoms with E-state index in [-0.39, 0.29) is 5.41 Å². The summed E-state index contributed by atoms with van der Waals surface area (Å²) < 4.78 is 27.4. The molecule has 0 amide bonds. The second-order valence-electron chi connectivity index (χ2n) is 4.51. The van der Waals surface area contributed by atoms with E-state index in [4.69, 9.17) is 4.74 Å². The van der Waals surface area contributed by atoms with Gasteiger partial charge < -0.3 is 4.74 Å². The normalized spacial score (nSPS) is 23.3. The first-order valence-electron chi connectivity index (χ1n) is 3.98. The molecule has 0 atom stereocenters. The van der Waals surface area contributed by atoms with Gasteiger partial charge in [0.15, 0.2) is 9.84 Å². The van der Waals surface area contributed by atoms with Crippen LogP contribution < -0.4 is 0 Å². The molecule has 72 valence electrons. The fraction of sp³-hybridized carbons (Fsp3) is 1.00. The van der Waals surface area contributed by atoms with Gasteiger partial charge in [0, 0.05) is 6.26 Å². The van der Waals surface area contributed by atoms with E-state index in [1.807, 2.05) is 20.8 Å². The molecule has 1 rings (SSSR count). The van der Waals surface area contributed by atoms with E-state index in [9.17, 15) is 8.42 Å². The van der Waals surface area contributed by atoms with Crippen LogP contribution >= 0.6 is 0 Å². The highest BCUT2D eigenvalue weighted by Gasteiger charge is 2.56. The summed E-state index contributed by atoms with van der Waals surface area (Å²) in [6, 6.07) is 0. The summed E-state index contributed by atoms with van der Waals surface area (Å²) >= 11 is 0. The fourth-order valence-corrected chi connectivity index (χ4v) is 3.20. The summed E-state index contributed by atoms with van der Waals surface area (Å²) in [5.41, 5.74) is -0.237. The van der Waals surface area contributed by atoms with Gasteiger partial charge in [0.2, 0.25) is 0 Å². The minimum Gasteiger partial charge on any atom is -0.378 e. The summed E-state index contributed by atoms with van der Waals surface area (Å²) in [6.07, 6.45) is 1.29. The second kappa shape index (κ2) is 2.45. The van der Waals surface area contributed by atoms with Gasteiger partial charge in [-0.15, -0.1) is 0 Å². The monoisotopic (exact) mass is 192 g/mol. The van der Waals surface area contributed by atoms with Crippen molar-refractivity contribution in [2.45, 2.75) is 25.5 Å². The van der Waals surface area contributed by atoms with Crippen LogP contribution in [0.4, 0.5) is 0 Å². The molecule has 0 spiro atoms. The Balaban J connectivity index is 3.09. The zero-order valence-corrected chi connectivity index (χ0v) is 8.86. The number of hydrogen-bond acceptors (Lipinski definition) is 3. The maximum absolute atomic E-state index is 11.5. The van der Waals surface area contributed by atoms with Gasteiger partial charge in [-0.3, -0.25) is 0 Å². The summed E-state index contributed by atoms with van der Waals surface area (Å²) in [4.78, 5) is 0. The molecule has 0 aliphatic carbocycles. The van der Waals surface area contributed by atoms with E-state index in [1.165, 1.54) is 6.26 Å². The van der Waals surface area contributed by atoms with Crippen molar-refractivity contribution in [3.8, 4) is 0 Å². The Kier molecular flexibility index (Phi) is 2.04. The van der Waals surface area contributed by atoms with E-state index in [2.05, 4.69) is 0 Å². The number of hydrogen-bond donors (Lipinski definition) is 0. The maximum Gasteiger partial charge on any atom is 0.158 e. The summed E-state index contributed by atoms with van der Waals surface area (Å²) in [6.45, 7) is 6.51. The SMILES string of the molecule is CC(C)(C)C1(S(C)(=O)=O)COC1. The lowest BCUT2D eigenvalue weighted by Crippen LogP contribution is -2.63. The van der Waals surface area contributed by atoms with Crippen molar-refractivity contribution in [2.75, 3.05) is 19.5 Å². The molecular weight excluding hydrogens is 176 g/mol. The standard InChI is InChI=1S/C8H16O3S/c1-7(2,3)8(5-11-6-8)12(4,9)10/h5-6H2,1-4H3. The van der Waals surface area contributed by atoms with Crippen LogP contribution in [0.5, 0.6) is 0 Å². The van der Waals surface area contributed by atoms with Crippen LogP contribution in [0.15, 0.2) is 0 Å². The van der Waals surface area contributed by atoms with Crippen LogP contribution in [-0.2, 0) is 14.6 Å². The van der Waals surface area contributed by atoms with Crippen molar-refractivity contribution in [2.24, 2.45) is 5.41 Å². The first-order valence-corrected chi connectivity index (χ1v) is 5.87. The van der Waals surface area contributed by atoms with Gasteiger partial charge in [0.05, 0.1) is 13.2 Å². The summed E-state index contributed by atoms with van der Waals surface area (Å²) in [7, 11) is -3.01. The summed E-state index contributed by atoms with van der Waals surface area (Å²) in [5, 5.41) is 0. The van der Waals surface area contributed by atoms with Gasteiger partial charge in [-0.2, -0.15) is 0 Å². The molecule has 4 heteroatoms. The summed E-state index contributed by atoms with van der Waals surface area (Å²) in [5.74, 6) is 0. The molecule has 1 fully saturated rings.